The Morgan fingerprint density at radius 1 is 1.41 bits per heavy atom. The smallest absolute Gasteiger partial charge is 0.307 e. The standard InChI is InChI=1S/C14H18O2S/c1-10(14(15)16)8-17-9-11-5-6-12-3-2-4-13(12)7-11/h5-7,10H,2-4,8-9H2,1H3,(H,15,16). The third-order valence-electron chi connectivity index (χ3n) is 3.22. The third-order valence-corrected chi connectivity index (χ3v) is 4.49. The quantitative estimate of drug-likeness (QED) is 0.872. The van der Waals surface area contributed by atoms with E-state index in [4.69, 9.17) is 5.11 Å². The van der Waals surface area contributed by atoms with Gasteiger partial charge in [0.15, 0.2) is 0 Å². The van der Waals surface area contributed by atoms with Gasteiger partial charge in [0.2, 0.25) is 0 Å². The first-order valence-corrected chi connectivity index (χ1v) is 7.23. The number of rotatable bonds is 5. The number of benzene rings is 1. The van der Waals surface area contributed by atoms with Crippen LogP contribution in [0, 0.1) is 5.92 Å². The van der Waals surface area contributed by atoms with Gasteiger partial charge in [-0.05, 0) is 36.0 Å². The number of carboxylic acids is 1. The summed E-state index contributed by atoms with van der Waals surface area (Å²) >= 11 is 1.71. The van der Waals surface area contributed by atoms with Crippen LogP contribution >= 0.6 is 11.8 Å². The molecule has 0 saturated carbocycles. The van der Waals surface area contributed by atoms with E-state index in [1.165, 1.54) is 36.0 Å². The summed E-state index contributed by atoms with van der Waals surface area (Å²) in [4.78, 5) is 10.7. The van der Waals surface area contributed by atoms with Gasteiger partial charge in [0.25, 0.3) is 0 Å². The average Bonchev–Trinajstić information content (AvgIpc) is 2.75. The number of hydrogen-bond acceptors (Lipinski definition) is 2. The molecule has 1 aliphatic carbocycles. The van der Waals surface area contributed by atoms with E-state index in [0.717, 1.165) is 5.75 Å². The highest BCUT2D eigenvalue weighted by molar-refractivity contribution is 7.98. The average molecular weight is 250 g/mol. The van der Waals surface area contributed by atoms with E-state index in [9.17, 15) is 4.79 Å². The van der Waals surface area contributed by atoms with Crippen LogP contribution in [0.5, 0.6) is 0 Å². The predicted octanol–water partition coefficient (Wildman–Crippen LogP) is 3.13. The van der Waals surface area contributed by atoms with Gasteiger partial charge in [-0.3, -0.25) is 4.79 Å². The third kappa shape index (κ3) is 3.25. The zero-order valence-electron chi connectivity index (χ0n) is 10.1. The molecule has 1 unspecified atom stereocenters. The molecule has 0 fully saturated rings. The SMILES string of the molecule is CC(CSCc1ccc2c(c1)CCC2)C(=O)O. The van der Waals surface area contributed by atoms with E-state index in [0.29, 0.717) is 5.75 Å². The van der Waals surface area contributed by atoms with Crippen molar-refractivity contribution in [2.24, 2.45) is 5.92 Å². The molecule has 1 N–H and O–H groups in total. The Hall–Kier alpha value is -0.960. The fraction of sp³-hybridized carbons (Fsp3) is 0.500. The number of aryl methyl sites for hydroxylation is 2. The van der Waals surface area contributed by atoms with Crippen LogP contribution < -0.4 is 0 Å². The first kappa shape index (κ1) is 12.5. The zero-order valence-corrected chi connectivity index (χ0v) is 10.9. The number of fused-ring (bicyclic) bond motifs is 1. The second kappa shape index (κ2) is 5.58. The van der Waals surface area contributed by atoms with Crippen molar-refractivity contribution in [2.45, 2.75) is 31.9 Å². The lowest BCUT2D eigenvalue weighted by atomic mass is 10.1. The van der Waals surface area contributed by atoms with Crippen LogP contribution in [-0.4, -0.2) is 16.8 Å². The molecule has 1 aromatic rings. The van der Waals surface area contributed by atoms with Crippen molar-refractivity contribution in [3.05, 3.63) is 34.9 Å². The van der Waals surface area contributed by atoms with Crippen molar-refractivity contribution in [1.29, 1.82) is 0 Å². The maximum atomic E-state index is 10.7. The van der Waals surface area contributed by atoms with Crippen molar-refractivity contribution in [3.8, 4) is 0 Å². The summed E-state index contributed by atoms with van der Waals surface area (Å²) < 4.78 is 0. The monoisotopic (exact) mass is 250 g/mol. The normalized spacial score (nSPS) is 15.6. The van der Waals surface area contributed by atoms with Crippen molar-refractivity contribution in [3.63, 3.8) is 0 Å². The van der Waals surface area contributed by atoms with Gasteiger partial charge >= 0.3 is 5.97 Å². The molecule has 0 amide bonds. The van der Waals surface area contributed by atoms with Gasteiger partial charge in [-0.1, -0.05) is 25.1 Å². The number of aliphatic carboxylic acids is 1. The lowest BCUT2D eigenvalue weighted by molar-refractivity contribution is -0.140. The highest BCUT2D eigenvalue weighted by Crippen LogP contribution is 2.25. The molecule has 0 bridgehead atoms. The maximum absolute atomic E-state index is 10.7. The second-order valence-electron chi connectivity index (χ2n) is 4.71. The number of carbonyl (C=O) groups is 1. The lowest BCUT2D eigenvalue weighted by Crippen LogP contribution is -2.11. The minimum atomic E-state index is -0.702. The van der Waals surface area contributed by atoms with Crippen LogP contribution in [0.15, 0.2) is 18.2 Å². The van der Waals surface area contributed by atoms with Crippen LogP contribution in [0.1, 0.15) is 30.0 Å². The van der Waals surface area contributed by atoms with E-state index in [2.05, 4.69) is 18.2 Å². The first-order valence-electron chi connectivity index (χ1n) is 6.08. The van der Waals surface area contributed by atoms with E-state index in [-0.39, 0.29) is 5.92 Å². The largest absolute Gasteiger partial charge is 0.481 e. The molecule has 1 aliphatic rings. The van der Waals surface area contributed by atoms with Gasteiger partial charge in [-0.2, -0.15) is 11.8 Å². The molecular weight excluding hydrogens is 232 g/mol. The molecule has 2 rings (SSSR count). The van der Waals surface area contributed by atoms with Crippen molar-refractivity contribution >= 4 is 17.7 Å². The van der Waals surface area contributed by atoms with Gasteiger partial charge in [-0.25, -0.2) is 0 Å². The van der Waals surface area contributed by atoms with Crippen molar-refractivity contribution < 1.29 is 9.90 Å². The molecular formula is C14H18O2S. The van der Waals surface area contributed by atoms with E-state index in [1.54, 1.807) is 18.7 Å². The highest BCUT2D eigenvalue weighted by atomic mass is 32.2. The van der Waals surface area contributed by atoms with Gasteiger partial charge < -0.3 is 5.11 Å². The summed E-state index contributed by atoms with van der Waals surface area (Å²) in [6.07, 6.45) is 3.71. The fourth-order valence-electron chi connectivity index (χ4n) is 2.14. The molecule has 0 aromatic heterocycles. The van der Waals surface area contributed by atoms with Crippen molar-refractivity contribution in [2.75, 3.05) is 5.75 Å². The molecule has 3 heteroatoms. The Morgan fingerprint density at radius 2 is 2.18 bits per heavy atom. The van der Waals surface area contributed by atoms with E-state index in [1.807, 2.05) is 0 Å². The number of thioether (sulfide) groups is 1. The minimum absolute atomic E-state index is 0.255. The van der Waals surface area contributed by atoms with Gasteiger partial charge in [0, 0.05) is 11.5 Å². The molecule has 2 nitrogen and oxygen atoms in total. The molecule has 17 heavy (non-hydrogen) atoms. The maximum Gasteiger partial charge on any atom is 0.307 e. The molecule has 0 saturated heterocycles. The van der Waals surface area contributed by atoms with Crippen LogP contribution in [0.4, 0.5) is 0 Å². The molecule has 0 spiro atoms. The second-order valence-corrected chi connectivity index (χ2v) is 5.74. The summed E-state index contributed by atoms with van der Waals surface area (Å²) in [7, 11) is 0. The van der Waals surface area contributed by atoms with Gasteiger partial charge in [-0.15, -0.1) is 0 Å². The number of carboxylic acid groups (broad SMARTS) is 1. The lowest BCUT2D eigenvalue weighted by Gasteiger charge is -2.07. The van der Waals surface area contributed by atoms with E-state index < -0.39 is 5.97 Å². The van der Waals surface area contributed by atoms with Crippen molar-refractivity contribution in [1.82, 2.24) is 0 Å². The van der Waals surface area contributed by atoms with Crippen LogP contribution in [0.25, 0.3) is 0 Å². The molecule has 92 valence electrons. The first-order chi connectivity index (χ1) is 8.16. The Balaban J connectivity index is 1.85. The van der Waals surface area contributed by atoms with Crippen LogP contribution in [0.3, 0.4) is 0 Å². The van der Waals surface area contributed by atoms with Crippen LogP contribution in [0.2, 0.25) is 0 Å². The number of hydrogen-bond donors (Lipinski definition) is 1. The van der Waals surface area contributed by atoms with Gasteiger partial charge in [0.1, 0.15) is 0 Å². The molecule has 1 aromatic carbocycles. The summed E-state index contributed by atoms with van der Waals surface area (Å²) in [6, 6.07) is 6.71. The fourth-order valence-corrected chi connectivity index (χ4v) is 3.17. The Bertz CT molecular complexity index is 415. The summed E-state index contributed by atoms with van der Waals surface area (Å²) in [5, 5.41) is 8.79. The zero-order chi connectivity index (χ0) is 12.3. The molecule has 0 aliphatic heterocycles. The Kier molecular flexibility index (Phi) is 4.11. The minimum Gasteiger partial charge on any atom is -0.481 e. The summed E-state index contributed by atoms with van der Waals surface area (Å²) in [5.41, 5.74) is 4.32. The summed E-state index contributed by atoms with van der Waals surface area (Å²) in [6.45, 7) is 1.76. The van der Waals surface area contributed by atoms with Gasteiger partial charge in [0.05, 0.1) is 5.92 Å². The predicted molar refractivity (Wildman–Crippen MR) is 71.4 cm³/mol. The van der Waals surface area contributed by atoms with Crippen LogP contribution in [-0.2, 0) is 23.4 Å². The molecule has 0 radical (unpaired) electrons. The molecule has 1 atom stereocenters. The summed E-state index contributed by atoms with van der Waals surface area (Å²) in [5.74, 6) is 0.651. The Morgan fingerprint density at radius 3 is 2.94 bits per heavy atom. The molecule has 0 heterocycles. The van der Waals surface area contributed by atoms with E-state index >= 15 is 0 Å². The highest BCUT2D eigenvalue weighted by Gasteiger charge is 2.12. The topological polar surface area (TPSA) is 37.3 Å². The Labute approximate surface area is 106 Å².